The fourth-order valence-electron chi connectivity index (χ4n) is 10.7. The van der Waals surface area contributed by atoms with Crippen LogP contribution in [0.5, 0.6) is 0 Å². The highest BCUT2D eigenvalue weighted by Crippen LogP contribution is 2.74. The quantitative estimate of drug-likeness (QED) is 0.150. The van der Waals surface area contributed by atoms with E-state index < -0.39 is 24.1 Å². The summed E-state index contributed by atoms with van der Waals surface area (Å²) in [6.07, 6.45) is 7.72. The van der Waals surface area contributed by atoms with Crippen molar-refractivity contribution in [3.05, 3.63) is 41.7 Å². The molecule has 8 heteroatoms. The van der Waals surface area contributed by atoms with Crippen LogP contribution >= 0.6 is 15.9 Å². The number of aliphatic hydroxyl groups is 1. The van der Waals surface area contributed by atoms with Gasteiger partial charge >= 0.3 is 11.9 Å². The molecular weight excluding hydrogens is 622 g/mol. The van der Waals surface area contributed by atoms with Crippen LogP contribution in [0.4, 0.5) is 0 Å². The molecule has 2 N–H and O–H groups in total. The van der Waals surface area contributed by atoms with Crippen molar-refractivity contribution >= 4 is 33.7 Å². The Kier molecular flexibility index (Phi) is 8.80. The summed E-state index contributed by atoms with van der Waals surface area (Å²) in [5, 5.41) is 22.8. The summed E-state index contributed by atoms with van der Waals surface area (Å²) in [6.45, 7) is 14.5. The van der Waals surface area contributed by atoms with E-state index in [1.165, 1.54) is 6.92 Å². The fraction of sp³-hybridized carbons (Fsp3) is 0.722. The van der Waals surface area contributed by atoms with Crippen LogP contribution in [0, 0.1) is 39.9 Å². The topological polar surface area (TPSA) is 105 Å². The second kappa shape index (κ2) is 11.6. The lowest BCUT2D eigenvalue weighted by molar-refractivity contribution is -0.757. The Bertz CT molecular complexity index is 1340. The predicted octanol–water partition coefficient (Wildman–Crippen LogP) is 6.39. The normalized spacial score (nSPS) is 40.3. The third-order valence-electron chi connectivity index (χ3n) is 13.2. The van der Waals surface area contributed by atoms with E-state index in [0.29, 0.717) is 49.0 Å². The molecule has 1 aromatic heterocycles. The number of fused-ring (bicyclic) bond motifs is 5. The minimum Gasteiger partial charge on any atom is -0.478 e. The highest BCUT2D eigenvalue weighted by molar-refractivity contribution is 9.09. The Morgan fingerprint density at radius 1 is 1.14 bits per heavy atom. The number of carboxylic acid groups (broad SMARTS) is 1. The molecule has 0 aliphatic heterocycles. The zero-order valence-corrected chi connectivity index (χ0v) is 29.0. The smallest absolute Gasteiger partial charge is 0.331 e. The highest BCUT2D eigenvalue weighted by atomic mass is 79.9. The molecule has 0 spiro atoms. The molecule has 0 amide bonds. The lowest BCUT2D eigenvalue weighted by Gasteiger charge is -2.68. The number of ketones is 1. The number of rotatable bonds is 7. The standard InChI is InChI=1S/C36H50BrNO6/c1-21-24-13-16-35(6)31(34(24,5)15-14-26(21)40)27(41)19-25-30(28(44-22(2)39)20-36(25,35)7)23(32(42)43)11-12-29(37)33(3,4)38-17-9-8-10-18-38/h8-10,17-18,21,24-25,27-29,31,41H,11-16,19-20H2,1-7H3/p+1/b30-23-/t21-,24-,25-,27+,28-,29?,31-,34-,35-,36-/m0/s1. The second-order valence-corrected chi connectivity index (χ2v) is 16.7. The van der Waals surface area contributed by atoms with Crippen LogP contribution in [-0.2, 0) is 24.7 Å². The number of hydrogen-bond donors (Lipinski definition) is 2. The number of aromatic nitrogens is 1. The van der Waals surface area contributed by atoms with Crippen molar-refractivity contribution in [1.29, 1.82) is 0 Å². The Labute approximate surface area is 271 Å². The Hall–Kier alpha value is -2.06. The van der Waals surface area contributed by atoms with Gasteiger partial charge in [-0.1, -0.05) is 49.7 Å². The molecule has 1 unspecified atom stereocenters. The monoisotopic (exact) mass is 672 g/mol. The molecule has 1 aromatic rings. The van der Waals surface area contributed by atoms with Crippen molar-refractivity contribution in [2.45, 2.75) is 122 Å². The number of aliphatic hydroxyl groups excluding tert-OH is 1. The molecule has 0 aromatic carbocycles. The van der Waals surface area contributed by atoms with Gasteiger partial charge in [0.15, 0.2) is 17.9 Å². The maximum atomic E-state index is 13.1. The maximum Gasteiger partial charge on any atom is 0.331 e. The van der Waals surface area contributed by atoms with Gasteiger partial charge in [-0.05, 0) is 84.5 Å². The zero-order chi connectivity index (χ0) is 32.4. The Morgan fingerprint density at radius 2 is 1.80 bits per heavy atom. The summed E-state index contributed by atoms with van der Waals surface area (Å²) < 4.78 is 8.10. The molecule has 10 atom stereocenters. The van der Waals surface area contributed by atoms with Gasteiger partial charge in [0.05, 0.1) is 10.9 Å². The van der Waals surface area contributed by atoms with Crippen molar-refractivity contribution in [2.75, 3.05) is 0 Å². The van der Waals surface area contributed by atoms with E-state index in [-0.39, 0.29) is 50.3 Å². The highest BCUT2D eigenvalue weighted by Gasteiger charge is 2.71. The van der Waals surface area contributed by atoms with Crippen LogP contribution in [0.15, 0.2) is 41.7 Å². The lowest BCUT2D eigenvalue weighted by Crippen LogP contribution is -2.65. The molecule has 0 radical (unpaired) electrons. The van der Waals surface area contributed by atoms with E-state index in [2.05, 4.69) is 62.0 Å². The van der Waals surface area contributed by atoms with Crippen molar-refractivity contribution < 1.29 is 33.9 Å². The number of carbonyl (C=O) groups is 3. The van der Waals surface area contributed by atoms with E-state index >= 15 is 0 Å². The van der Waals surface area contributed by atoms with E-state index in [4.69, 9.17) is 4.74 Å². The van der Waals surface area contributed by atoms with E-state index in [9.17, 15) is 24.6 Å². The van der Waals surface area contributed by atoms with E-state index in [0.717, 1.165) is 19.3 Å². The first kappa shape index (κ1) is 33.3. The second-order valence-electron chi connectivity index (χ2n) is 15.6. The summed E-state index contributed by atoms with van der Waals surface area (Å²) in [7, 11) is 0. The van der Waals surface area contributed by atoms with Crippen LogP contribution in [0.2, 0.25) is 0 Å². The number of esters is 1. The van der Waals surface area contributed by atoms with Gasteiger partial charge in [0.1, 0.15) is 11.9 Å². The molecule has 7 nitrogen and oxygen atoms in total. The molecule has 5 rings (SSSR count). The van der Waals surface area contributed by atoms with Crippen LogP contribution < -0.4 is 4.57 Å². The summed E-state index contributed by atoms with van der Waals surface area (Å²) in [6, 6.07) is 5.94. The molecule has 4 fully saturated rings. The minimum atomic E-state index is -0.983. The largest absolute Gasteiger partial charge is 0.478 e. The number of nitrogens with zero attached hydrogens (tertiary/aromatic N) is 1. The molecule has 242 valence electrons. The van der Waals surface area contributed by atoms with Gasteiger partial charge in [-0.25, -0.2) is 4.79 Å². The van der Waals surface area contributed by atoms with Crippen molar-refractivity contribution in [3.8, 4) is 0 Å². The Balaban J connectivity index is 1.54. The predicted molar refractivity (Wildman–Crippen MR) is 171 cm³/mol. The number of halogens is 1. The Morgan fingerprint density at radius 3 is 2.41 bits per heavy atom. The SMILES string of the molecule is CC(=O)O[C@H]1C[C@@]2(C)[C@@H](C[C@@H](O)[C@H]3[C@@]4(C)CCC(=O)[C@@H](C)[C@@H]4CC[C@@]32C)/C1=C(\CCC(Br)C(C)(C)[n+]1ccccc1)C(=O)O. The van der Waals surface area contributed by atoms with Crippen LogP contribution in [0.25, 0.3) is 0 Å². The summed E-state index contributed by atoms with van der Waals surface area (Å²) in [5.41, 5.74) is -0.180. The van der Waals surface area contributed by atoms with Crippen LogP contribution in [-0.4, -0.2) is 45.0 Å². The first-order chi connectivity index (χ1) is 20.5. The number of hydrogen-bond acceptors (Lipinski definition) is 5. The number of alkyl halides is 1. The molecular formula is C36H51BrNO6+. The number of carboxylic acids is 1. The van der Waals surface area contributed by atoms with Crippen molar-refractivity contribution in [3.63, 3.8) is 0 Å². The first-order valence-corrected chi connectivity index (χ1v) is 17.4. The van der Waals surface area contributed by atoms with Gasteiger partial charge in [0.2, 0.25) is 0 Å². The molecule has 4 aliphatic carbocycles. The summed E-state index contributed by atoms with van der Waals surface area (Å²) >= 11 is 3.88. The third kappa shape index (κ3) is 5.10. The fourth-order valence-corrected chi connectivity index (χ4v) is 11.1. The third-order valence-corrected chi connectivity index (χ3v) is 14.8. The van der Waals surface area contributed by atoms with E-state index in [1.54, 1.807) is 0 Å². The number of Topliss-reactive ketones (excluding diaryl/α,β-unsaturated/α-hetero) is 1. The summed E-state index contributed by atoms with van der Waals surface area (Å²) in [5.74, 6) is -1.10. The summed E-state index contributed by atoms with van der Waals surface area (Å²) in [4.78, 5) is 38.3. The van der Waals surface area contributed by atoms with Crippen molar-refractivity contribution in [2.24, 2.45) is 39.9 Å². The van der Waals surface area contributed by atoms with Gasteiger partial charge in [0.25, 0.3) is 0 Å². The average Bonchev–Trinajstić information content (AvgIpc) is 3.22. The molecule has 4 aliphatic rings. The maximum absolute atomic E-state index is 13.1. The van der Waals surface area contributed by atoms with Gasteiger partial charge in [-0.15, -0.1) is 0 Å². The molecule has 4 saturated carbocycles. The molecule has 0 bridgehead atoms. The first-order valence-electron chi connectivity index (χ1n) is 16.4. The minimum absolute atomic E-state index is 0.0158. The number of pyridine rings is 1. The molecule has 1 heterocycles. The number of aliphatic carboxylic acids is 1. The lowest BCUT2D eigenvalue weighted by atomic mass is 9.36. The van der Waals surface area contributed by atoms with Gasteiger partial charge in [0, 0.05) is 50.8 Å². The number of ether oxygens (including phenoxy) is 1. The van der Waals surface area contributed by atoms with Crippen LogP contribution in [0.1, 0.15) is 99.8 Å². The van der Waals surface area contributed by atoms with Gasteiger partial charge in [-0.3, -0.25) is 9.59 Å². The van der Waals surface area contributed by atoms with Crippen LogP contribution in [0.3, 0.4) is 0 Å². The van der Waals surface area contributed by atoms with Gasteiger partial charge in [-0.2, -0.15) is 4.57 Å². The molecule has 44 heavy (non-hydrogen) atoms. The van der Waals surface area contributed by atoms with Gasteiger partial charge < -0.3 is 14.9 Å². The molecule has 0 saturated heterocycles. The average molecular weight is 674 g/mol. The van der Waals surface area contributed by atoms with E-state index in [1.807, 2.05) is 30.6 Å². The zero-order valence-electron chi connectivity index (χ0n) is 27.4. The number of carbonyl (C=O) groups excluding carboxylic acids is 2. The van der Waals surface area contributed by atoms with Crippen molar-refractivity contribution in [1.82, 2.24) is 0 Å².